The zero-order chi connectivity index (χ0) is 19.0. The van der Waals surface area contributed by atoms with Crippen LogP contribution in [0.1, 0.15) is 11.3 Å². The molecule has 0 aliphatic carbocycles. The highest BCUT2D eigenvalue weighted by atomic mass is 35.5. The van der Waals surface area contributed by atoms with Crippen molar-refractivity contribution in [1.29, 1.82) is 0 Å². The first-order valence-corrected chi connectivity index (χ1v) is 10.5. The predicted octanol–water partition coefficient (Wildman–Crippen LogP) is 4.20. The minimum absolute atomic E-state index is 0.0157. The SMILES string of the molecule is O=S(=O)(c1cc(Cl)ccc1Cl)N1CCc2nc(-c3ccccc3)ncc2C1. The van der Waals surface area contributed by atoms with E-state index in [1.165, 1.54) is 16.4 Å². The first kappa shape index (κ1) is 18.4. The number of hydrogen-bond donors (Lipinski definition) is 0. The van der Waals surface area contributed by atoms with Crippen molar-refractivity contribution in [2.75, 3.05) is 6.54 Å². The summed E-state index contributed by atoms with van der Waals surface area (Å²) in [6.45, 7) is 0.527. The van der Waals surface area contributed by atoms with E-state index in [1.807, 2.05) is 30.3 Å². The molecule has 0 saturated carbocycles. The average Bonchev–Trinajstić information content (AvgIpc) is 2.69. The smallest absolute Gasteiger partial charge is 0.236 e. The molecule has 5 nitrogen and oxygen atoms in total. The fraction of sp³-hybridized carbons (Fsp3) is 0.158. The van der Waals surface area contributed by atoms with Gasteiger partial charge in [-0.1, -0.05) is 53.5 Å². The molecule has 2 aromatic carbocycles. The molecule has 3 aromatic rings. The Morgan fingerprint density at radius 2 is 1.81 bits per heavy atom. The third-order valence-electron chi connectivity index (χ3n) is 4.44. The largest absolute Gasteiger partial charge is 0.244 e. The topological polar surface area (TPSA) is 63.2 Å². The second-order valence-corrected chi connectivity index (χ2v) is 8.94. The van der Waals surface area contributed by atoms with Crippen LogP contribution in [0.3, 0.4) is 0 Å². The minimum atomic E-state index is -3.76. The zero-order valence-corrected chi connectivity index (χ0v) is 16.5. The summed E-state index contributed by atoms with van der Waals surface area (Å²) in [5.74, 6) is 0.642. The van der Waals surface area contributed by atoms with E-state index < -0.39 is 10.0 Å². The molecule has 0 bridgehead atoms. The second-order valence-electron chi connectivity index (χ2n) is 6.19. The van der Waals surface area contributed by atoms with Crippen LogP contribution in [0.15, 0.2) is 59.6 Å². The monoisotopic (exact) mass is 419 g/mol. The summed E-state index contributed by atoms with van der Waals surface area (Å²) < 4.78 is 27.4. The van der Waals surface area contributed by atoms with Crippen LogP contribution >= 0.6 is 23.2 Å². The van der Waals surface area contributed by atoms with E-state index in [9.17, 15) is 8.42 Å². The molecular formula is C19H15Cl2N3O2S. The summed E-state index contributed by atoms with van der Waals surface area (Å²) in [4.78, 5) is 9.04. The molecule has 4 rings (SSSR count). The van der Waals surface area contributed by atoms with Crippen molar-refractivity contribution in [3.05, 3.63) is 76.0 Å². The highest BCUT2D eigenvalue weighted by Crippen LogP contribution is 2.30. The number of rotatable bonds is 3. The van der Waals surface area contributed by atoms with Crippen LogP contribution in [0.5, 0.6) is 0 Å². The molecule has 0 spiro atoms. The van der Waals surface area contributed by atoms with Crippen molar-refractivity contribution in [3.8, 4) is 11.4 Å². The van der Waals surface area contributed by atoms with Crippen molar-refractivity contribution in [2.45, 2.75) is 17.9 Å². The van der Waals surface area contributed by atoms with Crippen LogP contribution in [0.2, 0.25) is 10.0 Å². The second kappa shape index (κ2) is 7.20. The normalized spacial score (nSPS) is 14.7. The Balaban J connectivity index is 1.64. The van der Waals surface area contributed by atoms with Gasteiger partial charge in [-0.05, 0) is 18.2 Å². The third-order valence-corrected chi connectivity index (χ3v) is 7.00. The number of sulfonamides is 1. The molecule has 0 atom stereocenters. The van der Waals surface area contributed by atoms with Gasteiger partial charge in [-0.25, -0.2) is 18.4 Å². The number of hydrogen-bond acceptors (Lipinski definition) is 4. The van der Waals surface area contributed by atoms with Crippen LogP contribution in [-0.2, 0) is 23.0 Å². The Hall–Kier alpha value is -1.99. The van der Waals surface area contributed by atoms with Crippen molar-refractivity contribution in [2.24, 2.45) is 0 Å². The van der Waals surface area contributed by atoms with Crippen molar-refractivity contribution >= 4 is 33.2 Å². The Morgan fingerprint density at radius 3 is 2.59 bits per heavy atom. The number of aromatic nitrogens is 2. The molecule has 0 N–H and O–H groups in total. The summed E-state index contributed by atoms with van der Waals surface area (Å²) in [6, 6.07) is 14.1. The maximum Gasteiger partial charge on any atom is 0.244 e. The van der Waals surface area contributed by atoms with E-state index in [0.29, 0.717) is 23.8 Å². The number of fused-ring (bicyclic) bond motifs is 1. The van der Waals surface area contributed by atoms with Gasteiger partial charge in [-0.2, -0.15) is 4.31 Å². The first-order valence-electron chi connectivity index (χ1n) is 8.30. The maximum absolute atomic E-state index is 13.0. The van der Waals surface area contributed by atoms with E-state index in [2.05, 4.69) is 9.97 Å². The van der Waals surface area contributed by atoms with Crippen LogP contribution < -0.4 is 0 Å². The molecule has 0 saturated heterocycles. The van der Waals surface area contributed by atoms with Crippen LogP contribution in [-0.4, -0.2) is 29.2 Å². The predicted molar refractivity (Wildman–Crippen MR) is 105 cm³/mol. The Bertz CT molecular complexity index is 1110. The quantitative estimate of drug-likeness (QED) is 0.637. The highest BCUT2D eigenvalue weighted by Gasteiger charge is 2.31. The van der Waals surface area contributed by atoms with Gasteiger partial charge in [0.2, 0.25) is 10.0 Å². The third kappa shape index (κ3) is 3.58. The Labute approximate surface area is 167 Å². The molecule has 0 unspecified atom stereocenters. The number of halogens is 2. The maximum atomic E-state index is 13.0. The molecule has 1 aliphatic rings. The van der Waals surface area contributed by atoms with Gasteiger partial charge < -0.3 is 0 Å². The lowest BCUT2D eigenvalue weighted by atomic mass is 10.1. The first-order chi connectivity index (χ1) is 12.9. The summed E-state index contributed by atoms with van der Waals surface area (Å²) >= 11 is 12.1. The van der Waals surface area contributed by atoms with E-state index >= 15 is 0 Å². The van der Waals surface area contributed by atoms with E-state index in [0.717, 1.165) is 16.8 Å². The van der Waals surface area contributed by atoms with Crippen molar-refractivity contribution in [3.63, 3.8) is 0 Å². The summed E-state index contributed by atoms with van der Waals surface area (Å²) in [7, 11) is -3.76. The van der Waals surface area contributed by atoms with Gasteiger partial charge >= 0.3 is 0 Å². The Morgan fingerprint density at radius 1 is 1.04 bits per heavy atom. The highest BCUT2D eigenvalue weighted by molar-refractivity contribution is 7.89. The van der Waals surface area contributed by atoms with Gasteiger partial charge in [0.25, 0.3) is 0 Å². The fourth-order valence-corrected chi connectivity index (χ4v) is 5.19. The molecule has 27 heavy (non-hydrogen) atoms. The lowest BCUT2D eigenvalue weighted by molar-refractivity contribution is 0.387. The van der Waals surface area contributed by atoms with Gasteiger partial charge in [0.1, 0.15) is 4.90 Å². The van der Waals surface area contributed by atoms with E-state index in [4.69, 9.17) is 23.2 Å². The van der Waals surface area contributed by atoms with E-state index in [1.54, 1.807) is 12.3 Å². The van der Waals surface area contributed by atoms with E-state index in [-0.39, 0.29) is 16.5 Å². The summed E-state index contributed by atoms with van der Waals surface area (Å²) in [5, 5.41) is 0.479. The summed E-state index contributed by atoms with van der Waals surface area (Å²) in [5.41, 5.74) is 2.59. The standard InChI is InChI=1S/C19H15Cl2N3O2S/c20-15-6-7-16(21)18(10-15)27(25,26)24-9-8-17-14(12-24)11-22-19(23-17)13-4-2-1-3-5-13/h1-7,10-11H,8-9,12H2. The van der Waals surface area contributed by atoms with Gasteiger partial charge in [0, 0.05) is 41.9 Å². The molecule has 0 fully saturated rings. The van der Waals surface area contributed by atoms with Gasteiger partial charge in [0.15, 0.2) is 5.82 Å². The minimum Gasteiger partial charge on any atom is -0.236 e. The lowest BCUT2D eigenvalue weighted by Gasteiger charge is -2.27. The van der Waals surface area contributed by atoms with Crippen LogP contribution in [0, 0.1) is 0 Å². The molecular weight excluding hydrogens is 405 g/mol. The number of benzene rings is 2. The molecule has 0 radical (unpaired) electrons. The number of nitrogens with zero attached hydrogens (tertiary/aromatic N) is 3. The Kier molecular flexibility index (Phi) is 4.90. The van der Waals surface area contributed by atoms with Crippen molar-refractivity contribution < 1.29 is 8.42 Å². The van der Waals surface area contributed by atoms with Gasteiger partial charge in [-0.15, -0.1) is 0 Å². The molecule has 138 valence electrons. The van der Waals surface area contributed by atoms with Crippen LogP contribution in [0.4, 0.5) is 0 Å². The molecule has 1 aromatic heterocycles. The van der Waals surface area contributed by atoms with Gasteiger partial charge in [-0.3, -0.25) is 0 Å². The average molecular weight is 420 g/mol. The molecule has 1 aliphatic heterocycles. The van der Waals surface area contributed by atoms with Crippen LogP contribution in [0.25, 0.3) is 11.4 Å². The zero-order valence-electron chi connectivity index (χ0n) is 14.1. The molecule has 2 heterocycles. The molecule has 8 heteroatoms. The molecule has 0 amide bonds. The van der Waals surface area contributed by atoms with Gasteiger partial charge in [0.05, 0.1) is 10.7 Å². The van der Waals surface area contributed by atoms with Crippen molar-refractivity contribution in [1.82, 2.24) is 14.3 Å². The summed E-state index contributed by atoms with van der Waals surface area (Å²) in [6.07, 6.45) is 2.21. The lowest BCUT2D eigenvalue weighted by Crippen LogP contribution is -2.36. The fourth-order valence-electron chi connectivity index (χ4n) is 3.04.